The van der Waals surface area contributed by atoms with Gasteiger partial charge in [-0.25, -0.2) is 0 Å². The quantitative estimate of drug-likeness (QED) is 0.839. The molecule has 1 heterocycles. The zero-order chi connectivity index (χ0) is 16.9. The minimum Gasteiger partial charge on any atom is -0.497 e. The number of rotatable bonds is 6. The highest BCUT2D eigenvalue weighted by Gasteiger charge is 2.35. The zero-order valence-corrected chi connectivity index (χ0v) is 14.3. The summed E-state index contributed by atoms with van der Waals surface area (Å²) in [4.78, 5) is 12.2. The lowest BCUT2D eigenvalue weighted by Gasteiger charge is -2.38. The summed E-state index contributed by atoms with van der Waals surface area (Å²) in [7, 11) is 1.66. The highest BCUT2D eigenvalue weighted by molar-refractivity contribution is 5.81. The second kappa shape index (κ2) is 7.79. The smallest absolute Gasteiger partial charge is 0.237 e. The van der Waals surface area contributed by atoms with Gasteiger partial charge in [0, 0.05) is 25.2 Å². The van der Waals surface area contributed by atoms with E-state index < -0.39 is 6.04 Å². The fourth-order valence-corrected chi connectivity index (χ4v) is 2.95. The molecule has 1 aromatic carbocycles. The maximum Gasteiger partial charge on any atom is 0.237 e. The van der Waals surface area contributed by atoms with Crippen LogP contribution < -0.4 is 15.8 Å². The molecule has 0 unspecified atom stereocenters. The van der Waals surface area contributed by atoms with Crippen molar-refractivity contribution >= 4 is 5.91 Å². The number of benzene rings is 1. The summed E-state index contributed by atoms with van der Waals surface area (Å²) in [5, 5.41) is 3.05. The van der Waals surface area contributed by atoms with E-state index in [4.69, 9.17) is 15.2 Å². The fraction of sp³-hybridized carbons (Fsp3) is 0.611. The average Bonchev–Trinajstić information content (AvgIpc) is 2.59. The van der Waals surface area contributed by atoms with E-state index >= 15 is 0 Å². The molecule has 0 bridgehead atoms. The summed E-state index contributed by atoms with van der Waals surface area (Å²) >= 11 is 0. The van der Waals surface area contributed by atoms with E-state index in [-0.39, 0.29) is 17.2 Å². The van der Waals surface area contributed by atoms with Crippen LogP contribution in [-0.2, 0) is 14.9 Å². The van der Waals surface area contributed by atoms with Crippen molar-refractivity contribution in [2.24, 2.45) is 11.7 Å². The summed E-state index contributed by atoms with van der Waals surface area (Å²) in [6.45, 7) is 5.91. The van der Waals surface area contributed by atoms with Gasteiger partial charge in [-0.1, -0.05) is 26.0 Å². The summed E-state index contributed by atoms with van der Waals surface area (Å²) in [6, 6.07) is 7.63. The lowest BCUT2D eigenvalue weighted by atomic mass is 9.74. The first-order valence-electron chi connectivity index (χ1n) is 8.24. The largest absolute Gasteiger partial charge is 0.497 e. The summed E-state index contributed by atoms with van der Waals surface area (Å²) in [5.74, 6) is 0.878. The first-order valence-corrected chi connectivity index (χ1v) is 8.24. The van der Waals surface area contributed by atoms with Crippen molar-refractivity contribution < 1.29 is 14.3 Å². The molecule has 3 N–H and O–H groups in total. The van der Waals surface area contributed by atoms with Crippen LogP contribution in [0.5, 0.6) is 5.75 Å². The molecule has 0 saturated carbocycles. The van der Waals surface area contributed by atoms with Crippen LogP contribution in [0.4, 0.5) is 0 Å². The SMILES string of the molecule is COc1ccc(C2(CNC(=O)[C@@H](N)C(C)C)CCOCC2)cc1. The first-order chi connectivity index (χ1) is 11.0. The summed E-state index contributed by atoms with van der Waals surface area (Å²) in [6.07, 6.45) is 1.77. The van der Waals surface area contributed by atoms with Gasteiger partial charge >= 0.3 is 0 Å². The molecule has 1 aromatic rings. The Balaban J connectivity index is 2.13. The number of carbonyl (C=O) groups is 1. The van der Waals surface area contributed by atoms with E-state index in [1.807, 2.05) is 26.0 Å². The standard InChI is InChI=1S/C18H28N2O3/c1-13(2)16(19)17(21)20-12-18(8-10-23-11-9-18)14-4-6-15(22-3)7-5-14/h4-7,13,16H,8-12,19H2,1-3H3,(H,20,21)/t16-/m0/s1. The molecule has 1 aliphatic rings. The fourth-order valence-electron chi connectivity index (χ4n) is 2.95. The number of nitrogens with two attached hydrogens (primary N) is 1. The molecule has 0 aromatic heterocycles. The highest BCUT2D eigenvalue weighted by Crippen LogP contribution is 2.35. The molecule has 0 aliphatic carbocycles. The van der Waals surface area contributed by atoms with Crippen molar-refractivity contribution in [3.63, 3.8) is 0 Å². The van der Waals surface area contributed by atoms with Crippen LogP contribution in [0.2, 0.25) is 0 Å². The first kappa shape index (κ1) is 17.8. The topological polar surface area (TPSA) is 73.6 Å². The van der Waals surface area contributed by atoms with Crippen molar-refractivity contribution in [1.82, 2.24) is 5.32 Å². The van der Waals surface area contributed by atoms with Gasteiger partial charge < -0.3 is 20.5 Å². The number of hydrogen-bond acceptors (Lipinski definition) is 4. The summed E-state index contributed by atoms with van der Waals surface area (Å²) < 4.78 is 10.8. The van der Waals surface area contributed by atoms with Gasteiger partial charge in [0.25, 0.3) is 0 Å². The van der Waals surface area contributed by atoms with E-state index in [1.165, 1.54) is 5.56 Å². The predicted octanol–water partition coefficient (Wildman–Crippen LogP) is 1.84. The minimum atomic E-state index is -0.470. The number of amides is 1. The van der Waals surface area contributed by atoms with Crippen LogP contribution in [0.1, 0.15) is 32.3 Å². The average molecular weight is 320 g/mol. The number of hydrogen-bond donors (Lipinski definition) is 2. The monoisotopic (exact) mass is 320 g/mol. The molecule has 1 amide bonds. The molecule has 2 rings (SSSR count). The van der Waals surface area contributed by atoms with Gasteiger partial charge in [0.15, 0.2) is 0 Å². The Morgan fingerprint density at radius 2 is 1.91 bits per heavy atom. The van der Waals surface area contributed by atoms with Crippen molar-refractivity contribution in [3.8, 4) is 5.75 Å². The molecule has 1 aliphatic heterocycles. The Morgan fingerprint density at radius 1 is 1.30 bits per heavy atom. The Bertz CT molecular complexity index is 508. The summed E-state index contributed by atoms with van der Waals surface area (Å²) in [5.41, 5.74) is 7.05. The van der Waals surface area contributed by atoms with E-state index in [0.717, 1.165) is 18.6 Å². The molecule has 128 valence electrons. The second-order valence-electron chi connectivity index (χ2n) is 6.61. The molecule has 0 spiro atoms. The predicted molar refractivity (Wildman–Crippen MR) is 90.5 cm³/mol. The normalized spacial score (nSPS) is 18.5. The van der Waals surface area contributed by atoms with Crippen LogP contribution in [0, 0.1) is 5.92 Å². The van der Waals surface area contributed by atoms with Gasteiger partial charge in [-0.15, -0.1) is 0 Å². The van der Waals surface area contributed by atoms with Gasteiger partial charge in [-0.2, -0.15) is 0 Å². The molecule has 5 heteroatoms. The van der Waals surface area contributed by atoms with Gasteiger partial charge in [0.1, 0.15) is 5.75 Å². The number of carbonyl (C=O) groups excluding carboxylic acids is 1. The van der Waals surface area contributed by atoms with Gasteiger partial charge in [-0.05, 0) is 36.5 Å². The molecule has 1 saturated heterocycles. The van der Waals surface area contributed by atoms with Crippen LogP contribution in [-0.4, -0.2) is 38.8 Å². The number of nitrogens with one attached hydrogen (secondary N) is 1. The van der Waals surface area contributed by atoms with Crippen LogP contribution in [0.15, 0.2) is 24.3 Å². The number of ether oxygens (including phenoxy) is 2. The maximum absolute atomic E-state index is 12.2. The molecular formula is C18H28N2O3. The van der Waals surface area contributed by atoms with E-state index in [9.17, 15) is 4.79 Å². The van der Waals surface area contributed by atoms with E-state index in [1.54, 1.807) is 7.11 Å². The zero-order valence-electron chi connectivity index (χ0n) is 14.3. The van der Waals surface area contributed by atoms with Crippen molar-refractivity contribution in [2.45, 2.75) is 38.1 Å². The third-order valence-electron chi connectivity index (χ3n) is 4.77. The highest BCUT2D eigenvalue weighted by atomic mass is 16.5. The lowest BCUT2D eigenvalue weighted by Crippen LogP contribution is -2.50. The van der Waals surface area contributed by atoms with Crippen molar-refractivity contribution in [3.05, 3.63) is 29.8 Å². The maximum atomic E-state index is 12.2. The Morgan fingerprint density at radius 3 is 2.43 bits per heavy atom. The molecule has 23 heavy (non-hydrogen) atoms. The molecule has 0 radical (unpaired) electrons. The van der Waals surface area contributed by atoms with E-state index in [2.05, 4.69) is 17.4 Å². The van der Waals surface area contributed by atoms with Crippen LogP contribution in [0.3, 0.4) is 0 Å². The van der Waals surface area contributed by atoms with Crippen molar-refractivity contribution in [1.29, 1.82) is 0 Å². The molecular weight excluding hydrogens is 292 g/mol. The lowest BCUT2D eigenvalue weighted by molar-refractivity contribution is -0.123. The third kappa shape index (κ3) is 4.24. The Kier molecular flexibility index (Phi) is 6.02. The van der Waals surface area contributed by atoms with Crippen molar-refractivity contribution in [2.75, 3.05) is 26.9 Å². The third-order valence-corrected chi connectivity index (χ3v) is 4.77. The molecule has 5 nitrogen and oxygen atoms in total. The Hall–Kier alpha value is -1.59. The minimum absolute atomic E-state index is 0.0839. The van der Waals surface area contributed by atoms with Gasteiger partial charge in [0.2, 0.25) is 5.91 Å². The number of methoxy groups -OCH3 is 1. The van der Waals surface area contributed by atoms with Gasteiger partial charge in [0.05, 0.1) is 13.2 Å². The van der Waals surface area contributed by atoms with Crippen LogP contribution in [0.25, 0.3) is 0 Å². The molecule has 1 fully saturated rings. The Labute approximate surface area is 138 Å². The van der Waals surface area contributed by atoms with Crippen LogP contribution >= 0.6 is 0 Å². The van der Waals surface area contributed by atoms with E-state index in [0.29, 0.717) is 19.8 Å². The molecule has 1 atom stereocenters. The second-order valence-corrected chi connectivity index (χ2v) is 6.61. The van der Waals surface area contributed by atoms with Gasteiger partial charge in [-0.3, -0.25) is 4.79 Å².